The summed E-state index contributed by atoms with van der Waals surface area (Å²) in [7, 11) is 1.66. The lowest BCUT2D eigenvalue weighted by Gasteiger charge is -2.15. The molecule has 1 unspecified atom stereocenters. The van der Waals surface area contributed by atoms with Crippen LogP contribution in [0.25, 0.3) is 0 Å². The molecule has 94 valence electrons. The van der Waals surface area contributed by atoms with Crippen molar-refractivity contribution in [2.75, 3.05) is 13.7 Å². The van der Waals surface area contributed by atoms with Crippen LogP contribution in [-0.2, 0) is 4.74 Å². The van der Waals surface area contributed by atoms with Crippen LogP contribution in [0, 0.1) is 0 Å². The molecule has 0 amide bonds. The molecule has 3 nitrogen and oxygen atoms in total. The monoisotopic (exact) mass is 273 g/mol. The summed E-state index contributed by atoms with van der Waals surface area (Å²) in [5.41, 5.74) is 6.25. The van der Waals surface area contributed by atoms with Crippen LogP contribution in [0.4, 0.5) is 0 Å². The van der Waals surface area contributed by atoms with Crippen LogP contribution in [0.5, 0.6) is 5.75 Å². The molecule has 0 spiro atoms. The normalized spacial score (nSPS) is 12.2. The van der Waals surface area contributed by atoms with Crippen LogP contribution in [0.15, 0.2) is 18.2 Å². The summed E-state index contributed by atoms with van der Waals surface area (Å²) in [5, 5.41) is 0.513. The fourth-order valence-corrected chi connectivity index (χ4v) is 1.66. The minimum Gasteiger partial charge on any atom is -0.489 e. The van der Waals surface area contributed by atoms with Gasteiger partial charge in [-0.2, -0.15) is 0 Å². The van der Waals surface area contributed by atoms with E-state index in [9.17, 15) is 0 Å². The van der Waals surface area contributed by atoms with Gasteiger partial charge in [0.05, 0.1) is 11.1 Å². The molecule has 0 saturated carbocycles. The Kier molecular flexibility index (Phi) is 5.68. The molecular weight excluding hydrogens is 258 g/mol. The third-order valence-electron chi connectivity index (χ3n) is 2.27. The van der Waals surface area contributed by atoms with Crippen molar-refractivity contribution in [3.05, 3.63) is 28.8 Å². The van der Waals surface area contributed by atoms with E-state index in [0.717, 1.165) is 12.0 Å². The molecule has 0 fully saturated rings. The van der Waals surface area contributed by atoms with E-state index in [1.165, 1.54) is 0 Å². The zero-order valence-corrected chi connectivity index (χ0v) is 11.5. The fourth-order valence-electron chi connectivity index (χ4n) is 1.31. The third-order valence-corrected chi connectivity index (χ3v) is 2.80. The summed E-state index contributed by atoms with van der Waals surface area (Å²) in [6, 6.07) is 5.29. The minimum absolute atomic E-state index is 0.0446. The molecule has 5 heteroatoms. The molecular formula is C12H16ClNO2S. The van der Waals surface area contributed by atoms with E-state index in [1.54, 1.807) is 25.3 Å². The molecule has 0 aliphatic heterocycles. The quantitative estimate of drug-likeness (QED) is 0.810. The molecule has 1 aromatic rings. The Balaban J connectivity index is 2.69. The predicted molar refractivity (Wildman–Crippen MR) is 73.9 cm³/mol. The molecule has 0 aliphatic carbocycles. The highest BCUT2D eigenvalue weighted by atomic mass is 35.5. The lowest BCUT2D eigenvalue weighted by Crippen LogP contribution is -2.15. The van der Waals surface area contributed by atoms with Crippen molar-refractivity contribution in [1.82, 2.24) is 0 Å². The van der Waals surface area contributed by atoms with Crippen LogP contribution < -0.4 is 10.5 Å². The van der Waals surface area contributed by atoms with Crippen LogP contribution >= 0.6 is 23.8 Å². The average Bonchev–Trinajstić information content (AvgIpc) is 2.28. The zero-order chi connectivity index (χ0) is 12.8. The van der Waals surface area contributed by atoms with Crippen LogP contribution in [0.2, 0.25) is 5.02 Å². The molecule has 0 bridgehead atoms. The van der Waals surface area contributed by atoms with E-state index in [-0.39, 0.29) is 6.10 Å². The minimum atomic E-state index is 0.0446. The first-order valence-electron chi connectivity index (χ1n) is 5.29. The van der Waals surface area contributed by atoms with Gasteiger partial charge in [-0.05, 0) is 25.1 Å². The number of rotatable bonds is 6. The predicted octanol–water partition coefficient (Wildman–Crippen LogP) is 2.78. The number of hydrogen-bond donors (Lipinski definition) is 1. The van der Waals surface area contributed by atoms with Gasteiger partial charge in [0.1, 0.15) is 10.7 Å². The second kappa shape index (κ2) is 6.79. The summed E-state index contributed by atoms with van der Waals surface area (Å²) in [6.07, 6.45) is 0.854. The van der Waals surface area contributed by atoms with Gasteiger partial charge in [-0.3, -0.25) is 0 Å². The summed E-state index contributed by atoms with van der Waals surface area (Å²) in [5.74, 6) is 0.635. The van der Waals surface area contributed by atoms with Gasteiger partial charge in [-0.15, -0.1) is 0 Å². The summed E-state index contributed by atoms with van der Waals surface area (Å²) < 4.78 is 10.7. The van der Waals surface area contributed by atoms with Gasteiger partial charge in [-0.1, -0.05) is 23.8 Å². The van der Waals surface area contributed by atoms with Crippen molar-refractivity contribution in [3.63, 3.8) is 0 Å². The summed E-state index contributed by atoms with van der Waals surface area (Å²) in [4.78, 5) is 0.325. The van der Waals surface area contributed by atoms with Crippen molar-refractivity contribution >= 4 is 28.8 Å². The molecule has 0 aliphatic rings. The number of hydrogen-bond acceptors (Lipinski definition) is 3. The molecule has 1 aromatic carbocycles. The number of ether oxygens (including phenoxy) is 2. The topological polar surface area (TPSA) is 44.5 Å². The number of thiocarbonyl (C=S) groups is 1. The zero-order valence-electron chi connectivity index (χ0n) is 9.90. The van der Waals surface area contributed by atoms with Gasteiger partial charge >= 0.3 is 0 Å². The van der Waals surface area contributed by atoms with E-state index in [4.69, 9.17) is 39.0 Å². The van der Waals surface area contributed by atoms with E-state index < -0.39 is 0 Å². The van der Waals surface area contributed by atoms with E-state index >= 15 is 0 Å². The number of methoxy groups -OCH3 is 1. The Morgan fingerprint density at radius 2 is 2.24 bits per heavy atom. The van der Waals surface area contributed by atoms with E-state index in [1.807, 2.05) is 6.92 Å². The van der Waals surface area contributed by atoms with Crippen molar-refractivity contribution in [3.8, 4) is 5.75 Å². The van der Waals surface area contributed by atoms with Crippen LogP contribution in [0.3, 0.4) is 0 Å². The highest BCUT2D eigenvalue weighted by Gasteiger charge is 2.08. The number of halogens is 1. The number of nitrogens with two attached hydrogens (primary N) is 1. The fraction of sp³-hybridized carbons (Fsp3) is 0.417. The van der Waals surface area contributed by atoms with Crippen LogP contribution in [0.1, 0.15) is 18.9 Å². The first-order valence-corrected chi connectivity index (χ1v) is 6.08. The van der Waals surface area contributed by atoms with Gasteiger partial charge in [0.2, 0.25) is 0 Å². The highest BCUT2D eigenvalue weighted by molar-refractivity contribution is 7.80. The second-order valence-electron chi connectivity index (χ2n) is 3.72. The molecule has 0 aromatic heterocycles. The third kappa shape index (κ3) is 4.50. The molecule has 2 N–H and O–H groups in total. The Bertz CT molecular complexity index is 398. The Labute approximate surface area is 112 Å². The Hall–Kier alpha value is -0.840. The maximum atomic E-state index is 6.08. The molecule has 17 heavy (non-hydrogen) atoms. The SMILES string of the molecule is COCCC(C)Oc1ccc(C(N)=S)cc1Cl. The molecule has 1 rings (SSSR count). The van der Waals surface area contributed by atoms with Crippen molar-refractivity contribution in [2.24, 2.45) is 5.73 Å². The smallest absolute Gasteiger partial charge is 0.138 e. The van der Waals surface area contributed by atoms with Crippen molar-refractivity contribution in [1.29, 1.82) is 0 Å². The standard InChI is InChI=1S/C12H16ClNO2S/c1-8(5-6-15-2)16-11-4-3-9(12(14)17)7-10(11)13/h3-4,7-8H,5-6H2,1-2H3,(H2,14,17). The lowest BCUT2D eigenvalue weighted by atomic mass is 10.2. The van der Waals surface area contributed by atoms with Gasteiger partial charge < -0.3 is 15.2 Å². The first-order chi connectivity index (χ1) is 8.04. The van der Waals surface area contributed by atoms with Gasteiger partial charge in [0.15, 0.2) is 0 Å². The van der Waals surface area contributed by atoms with E-state index in [0.29, 0.717) is 22.4 Å². The van der Waals surface area contributed by atoms with Crippen molar-refractivity contribution in [2.45, 2.75) is 19.4 Å². The Morgan fingerprint density at radius 1 is 1.53 bits per heavy atom. The van der Waals surface area contributed by atoms with Crippen LogP contribution in [-0.4, -0.2) is 24.8 Å². The Morgan fingerprint density at radius 3 is 2.76 bits per heavy atom. The molecule has 1 atom stereocenters. The molecule has 0 saturated heterocycles. The highest BCUT2D eigenvalue weighted by Crippen LogP contribution is 2.26. The van der Waals surface area contributed by atoms with E-state index in [2.05, 4.69) is 0 Å². The first kappa shape index (κ1) is 14.2. The van der Waals surface area contributed by atoms with Gasteiger partial charge in [-0.25, -0.2) is 0 Å². The summed E-state index contributed by atoms with van der Waals surface area (Å²) >= 11 is 11.0. The lowest BCUT2D eigenvalue weighted by molar-refractivity contribution is 0.135. The molecule has 0 heterocycles. The summed E-state index contributed by atoms with van der Waals surface area (Å²) in [6.45, 7) is 2.63. The van der Waals surface area contributed by atoms with Gasteiger partial charge in [0.25, 0.3) is 0 Å². The van der Waals surface area contributed by atoms with Gasteiger partial charge in [0, 0.05) is 25.7 Å². The largest absolute Gasteiger partial charge is 0.489 e. The maximum Gasteiger partial charge on any atom is 0.138 e. The average molecular weight is 274 g/mol. The van der Waals surface area contributed by atoms with Crippen molar-refractivity contribution < 1.29 is 9.47 Å². The number of benzene rings is 1. The second-order valence-corrected chi connectivity index (χ2v) is 4.57. The maximum absolute atomic E-state index is 6.08. The molecule has 0 radical (unpaired) electrons.